The van der Waals surface area contributed by atoms with Crippen LogP contribution < -0.4 is 4.74 Å². The van der Waals surface area contributed by atoms with Gasteiger partial charge >= 0.3 is 0 Å². The van der Waals surface area contributed by atoms with E-state index in [1.165, 1.54) is 25.0 Å². The first-order chi connectivity index (χ1) is 19.9. The van der Waals surface area contributed by atoms with Gasteiger partial charge in [0.1, 0.15) is 17.3 Å². The summed E-state index contributed by atoms with van der Waals surface area (Å²) in [4.78, 5) is 27.6. The number of nitrogens with zero attached hydrogens (tertiary/aromatic N) is 3. The summed E-state index contributed by atoms with van der Waals surface area (Å²) in [5, 5.41) is 5.73. The number of likely N-dealkylation sites (tertiary alicyclic amines) is 1. The van der Waals surface area contributed by atoms with Crippen molar-refractivity contribution in [2.75, 3.05) is 26.3 Å². The second-order valence-electron chi connectivity index (χ2n) is 11.2. The van der Waals surface area contributed by atoms with Crippen LogP contribution in [0.25, 0.3) is 10.9 Å². The van der Waals surface area contributed by atoms with Gasteiger partial charge in [-0.2, -0.15) is 5.10 Å². The third kappa shape index (κ3) is 6.49. The smallest absolute Gasteiger partial charge is 0.253 e. The Morgan fingerprint density at radius 3 is 2.37 bits per heavy atom. The molecule has 1 aromatic heterocycles. The number of ether oxygens (including phenoxy) is 2. The number of Topliss-reactive ketones (excluding diaryl/α,β-unsaturated/α-hetero) is 1. The van der Waals surface area contributed by atoms with E-state index in [1.807, 2.05) is 34.8 Å². The molecule has 0 radical (unpaired) electrons. The molecular formula is C33H34FN3O4. The summed E-state index contributed by atoms with van der Waals surface area (Å²) in [6.07, 6.45) is 5.80. The third-order valence-corrected chi connectivity index (χ3v) is 7.89. The monoisotopic (exact) mass is 555 g/mol. The number of rotatable bonds is 12. The van der Waals surface area contributed by atoms with Gasteiger partial charge in [-0.05, 0) is 98.3 Å². The highest BCUT2D eigenvalue weighted by atomic mass is 19.1. The fourth-order valence-electron chi connectivity index (χ4n) is 5.28. The number of hydrogen-bond donors (Lipinski definition) is 0. The Morgan fingerprint density at radius 1 is 0.951 bits per heavy atom. The Balaban J connectivity index is 0.994. The molecule has 1 aliphatic carbocycles. The van der Waals surface area contributed by atoms with Gasteiger partial charge in [-0.3, -0.25) is 14.3 Å². The van der Waals surface area contributed by atoms with Crippen molar-refractivity contribution in [2.24, 2.45) is 11.8 Å². The molecule has 1 saturated carbocycles. The molecule has 0 unspecified atom stereocenters. The molecule has 0 N–H and O–H groups in total. The molecule has 8 heteroatoms. The molecule has 2 aliphatic rings. The maximum atomic E-state index is 13.1. The quantitative estimate of drug-likeness (QED) is 0.149. The van der Waals surface area contributed by atoms with Crippen LogP contribution in [-0.2, 0) is 11.3 Å². The third-order valence-electron chi connectivity index (χ3n) is 7.89. The second kappa shape index (κ2) is 11.8. The minimum atomic E-state index is -0.320. The van der Waals surface area contributed by atoms with Crippen molar-refractivity contribution in [3.63, 3.8) is 0 Å². The molecule has 0 atom stereocenters. The first kappa shape index (κ1) is 27.1. The lowest BCUT2D eigenvalue weighted by atomic mass is 9.98. The Labute approximate surface area is 238 Å². The fourth-order valence-corrected chi connectivity index (χ4v) is 5.28. The van der Waals surface area contributed by atoms with E-state index >= 15 is 0 Å². The van der Waals surface area contributed by atoms with Crippen LogP contribution >= 0.6 is 0 Å². The predicted molar refractivity (Wildman–Crippen MR) is 154 cm³/mol. The van der Waals surface area contributed by atoms with E-state index in [9.17, 15) is 14.0 Å². The molecule has 6 rings (SSSR count). The zero-order valence-electron chi connectivity index (χ0n) is 23.2. The van der Waals surface area contributed by atoms with Gasteiger partial charge in [-0.1, -0.05) is 0 Å². The van der Waals surface area contributed by atoms with Crippen LogP contribution in [0, 0.1) is 24.6 Å². The molecule has 4 aromatic rings. The molecule has 7 nitrogen and oxygen atoms in total. The molecule has 2 heterocycles. The van der Waals surface area contributed by atoms with Crippen LogP contribution in [0.3, 0.4) is 0 Å². The lowest BCUT2D eigenvalue weighted by Crippen LogP contribution is -2.51. The second-order valence-corrected chi connectivity index (χ2v) is 11.2. The largest absolute Gasteiger partial charge is 0.457 e. The molecule has 212 valence electrons. The number of carbonyl (C=O) groups is 2. The number of carbonyl (C=O) groups excluding carboxylic acids is 2. The normalized spacial score (nSPS) is 15.2. The number of ketones is 1. The summed E-state index contributed by atoms with van der Waals surface area (Å²) >= 11 is 0. The van der Waals surface area contributed by atoms with Crippen LogP contribution in [-0.4, -0.2) is 52.7 Å². The van der Waals surface area contributed by atoms with Gasteiger partial charge in [0.25, 0.3) is 5.91 Å². The van der Waals surface area contributed by atoms with Crippen molar-refractivity contribution in [2.45, 2.75) is 39.2 Å². The summed E-state index contributed by atoms with van der Waals surface area (Å²) in [7, 11) is 0. The van der Waals surface area contributed by atoms with Gasteiger partial charge in [0, 0.05) is 67.9 Å². The molecule has 2 fully saturated rings. The van der Waals surface area contributed by atoms with E-state index in [0.717, 1.165) is 41.0 Å². The number of benzene rings is 3. The standard InChI is InChI=1S/C33H34FN3O4/c1-22-29(32(38)3-2-16-40-21-23-4-5-23)14-15-31-30(22)20-37(35-31)19-24-17-36(18-24)33(39)25-6-10-27(11-7-25)41-28-12-8-26(34)9-13-28/h6-15,20,23-24H,2-5,16-19,21H2,1H3. The van der Waals surface area contributed by atoms with E-state index in [4.69, 9.17) is 14.6 Å². The summed E-state index contributed by atoms with van der Waals surface area (Å²) in [6.45, 7) is 5.49. The minimum Gasteiger partial charge on any atom is -0.457 e. The maximum absolute atomic E-state index is 13.1. The first-order valence-corrected chi connectivity index (χ1v) is 14.3. The zero-order valence-corrected chi connectivity index (χ0v) is 23.2. The van der Waals surface area contributed by atoms with E-state index in [2.05, 4.69) is 0 Å². The van der Waals surface area contributed by atoms with Gasteiger partial charge in [-0.25, -0.2) is 4.39 Å². The molecule has 1 amide bonds. The van der Waals surface area contributed by atoms with Crippen LogP contribution in [0.2, 0.25) is 0 Å². The molecule has 1 saturated heterocycles. The van der Waals surface area contributed by atoms with Gasteiger partial charge in [-0.15, -0.1) is 0 Å². The van der Waals surface area contributed by atoms with Gasteiger partial charge in [0.05, 0.1) is 5.52 Å². The summed E-state index contributed by atoms with van der Waals surface area (Å²) in [5.41, 5.74) is 3.20. The van der Waals surface area contributed by atoms with Crippen molar-refractivity contribution in [1.29, 1.82) is 0 Å². The van der Waals surface area contributed by atoms with Crippen molar-refractivity contribution in [3.8, 4) is 11.5 Å². The lowest BCUT2D eigenvalue weighted by Gasteiger charge is -2.39. The van der Waals surface area contributed by atoms with E-state index in [0.29, 0.717) is 55.6 Å². The number of fused-ring (bicyclic) bond motifs is 1. The average Bonchev–Trinajstić information content (AvgIpc) is 3.68. The molecular weight excluding hydrogens is 521 g/mol. The topological polar surface area (TPSA) is 73.7 Å². The zero-order chi connectivity index (χ0) is 28.3. The van der Waals surface area contributed by atoms with Crippen LogP contribution in [0.15, 0.2) is 66.9 Å². The summed E-state index contributed by atoms with van der Waals surface area (Å²) in [5.74, 6) is 1.98. The molecule has 3 aromatic carbocycles. The predicted octanol–water partition coefficient (Wildman–Crippen LogP) is 6.44. The van der Waals surface area contributed by atoms with Crippen LogP contribution in [0.5, 0.6) is 11.5 Å². The van der Waals surface area contributed by atoms with Gasteiger partial charge in [0.2, 0.25) is 0 Å². The number of amides is 1. The SMILES string of the molecule is Cc1c(C(=O)CCCOCC2CC2)ccc2nn(CC3CN(C(=O)c4ccc(Oc5ccc(F)cc5)cc4)C3)cc12. The average molecular weight is 556 g/mol. The molecule has 0 spiro atoms. The van der Waals surface area contributed by atoms with E-state index in [1.54, 1.807) is 36.4 Å². The Morgan fingerprint density at radius 2 is 1.66 bits per heavy atom. The highest BCUT2D eigenvalue weighted by Crippen LogP contribution is 2.29. The molecule has 41 heavy (non-hydrogen) atoms. The molecule has 1 aliphatic heterocycles. The fraction of sp³-hybridized carbons (Fsp3) is 0.364. The van der Waals surface area contributed by atoms with E-state index in [-0.39, 0.29) is 17.5 Å². The molecule has 0 bridgehead atoms. The summed E-state index contributed by atoms with van der Waals surface area (Å²) < 4.78 is 26.4. The van der Waals surface area contributed by atoms with Crippen molar-refractivity contribution in [3.05, 3.63) is 89.4 Å². The highest BCUT2D eigenvalue weighted by Gasteiger charge is 2.31. The Kier molecular flexibility index (Phi) is 7.83. The Bertz CT molecular complexity index is 1540. The van der Waals surface area contributed by atoms with Crippen molar-refractivity contribution in [1.82, 2.24) is 14.7 Å². The lowest BCUT2D eigenvalue weighted by molar-refractivity contribution is 0.0462. The van der Waals surface area contributed by atoms with Gasteiger partial charge < -0.3 is 14.4 Å². The number of aryl methyl sites for hydroxylation is 1. The van der Waals surface area contributed by atoms with Crippen molar-refractivity contribution < 1.29 is 23.5 Å². The van der Waals surface area contributed by atoms with Gasteiger partial charge in [0.15, 0.2) is 5.78 Å². The number of halogens is 1. The number of hydrogen-bond acceptors (Lipinski definition) is 5. The minimum absolute atomic E-state index is 0.0165. The van der Waals surface area contributed by atoms with Crippen molar-refractivity contribution >= 4 is 22.6 Å². The first-order valence-electron chi connectivity index (χ1n) is 14.3. The Hall–Kier alpha value is -4.04. The van der Waals surface area contributed by atoms with E-state index < -0.39 is 0 Å². The van der Waals surface area contributed by atoms with Crippen LogP contribution in [0.1, 0.15) is 52.0 Å². The van der Waals surface area contributed by atoms with Crippen LogP contribution in [0.4, 0.5) is 4.39 Å². The number of aromatic nitrogens is 2. The summed E-state index contributed by atoms with van der Waals surface area (Å²) in [6, 6.07) is 16.6. The maximum Gasteiger partial charge on any atom is 0.253 e. The highest BCUT2D eigenvalue weighted by molar-refractivity contribution is 6.01.